The van der Waals surface area contributed by atoms with Crippen LogP contribution < -0.4 is 0 Å². The Morgan fingerprint density at radius 1 is 1.38 bits per heavy atom. The normalized spacial score (nSPS) is 11.6. The molecule has 0 aliphatic carbocycles. The van der Waals surface area contributed by atoms with E-state index in [2.05, 4.69) is 0 Å². The number of benzene rings is 1. The van der Waals surface area contributed by atoms with E-state index in [0.29, 0.717) is 6.42 Å². The van der Waals surface area contributed by atoms with Gasteiger partial charge in [-0.05, 0) is 19.4 Å². The highest BCUT2D eigenvalue weighted by molar-refractivity contribution is 5.95. The number of hydrogen-bond acceptors (Lipinski definition) is 6. The number of non-ortho nitro benzene ring substituents is 1. The minimum absolute atomic E-state index is 0.00892. The quantitative estimate of drug-likeness (QED) is 0.417. The third-order valence-corrected chi connectivity index (χ3v) is 3.55. The van der Waals surface area contributed by atoms with E-state index in [-0.39, 0.29) is 37.4 Å². The first-order valence-corrected chi connectivity index (χ1v) is 7.76. The Morgan fingerprint density at radius 2 is 2.08 bits per heavy atom. The predicted octanol–water partition coefficient (Wildman–Crippen LogP) is 1.76. The number of nitrogens with zero attached hydrogens (tertiary/aromatic N) is 2. The summed E-state index contributed by atoms with van der Waals surface area (Å²) in [6.45, 7) is 3.54. The number of hydrogen-bond donors (Lipinski definition) is 1. The van der Waals surface area contributed by atoms with Crippen molar-refractivity contribution in [3.05, 3.63) is 39.9 Å². The van der Waals surface area contributed by atoms with E-state index in [9.17, 15) is 24.8 Å². The first-order valence-electron chi connectivity index (χ1n) is 7.76. The summed E-state index contributed by atoms with van der Waals surface area (Å²) in [7, 11) is 0. The van der Waals surface area contributed by atoms with Gasteiger partial charge in [-0.15, -0.1) is 0 Å². The second-order valence-electron chi connectivity index (χ2n) is 5.11. The van der Waals surface area contributed by atoms with Crippen LogP contribution in [0.15, 0.2) is 24.3 Å². The minimum atomic E-state index is -0.580. The Hall–Kier alpha value is -2.48. The lowest BCUT2D eigenvalue weighted by atomic mass is 10.1. The number of ether oxygens (including phenoxy) is 1. The van der Waals surface area contributed by atoms with Crippen molar-refractivity contribution in [2.24, 2.45) is 0 Å². The summed E-state index contributed by atoms with van der Waals surface area (Å²) in [6, 6.07) is 4.89. The second-order valence-corrected chi connectivity index (χ2v) is 5.11. The monoisotopic (exact) mass is 338 g/mol. The number of nitro groups is 1. The number of amides is 1. The molecule has 1 N–H and O–H groups in total. The lowest BCUT2D eigenvalue weighted by Crippen LogP contribution is -2.43. The Labute approximate surface area is 140 Å². The summed E-state index contributed by atoms with van der Waals surface area (Å²) in [4.78, 5) is 35.9. The van der Waals surface area contributed by atoms with Gasteiger partial charge in [0, 0.05) is 24.2 Å². The Kier molecular flexibility index (Phi) is 7.84. The maximum absolute atomic E-state index is 12.7. The molecule has 0 heterocycles. The van der Waals surface area contributed by atoms with Crippen molar-refractivity contribution in [2.75, 3.05) is 19.8 Å². The SMILES string of the molecule is CCOC(=O)CCN(C(=O)c1cccc([N+](=O)[O-])c1)C(CC)CO. The summed E-state index contributed by atoms with van der Waals surface area (Å²) in [5, 5.41) is 20.3. The topological polar surface area (TPSA) is 110 Å². The molecule has 0 saturated carbocycles. The summed E-state index contributed by atoms with van der Waals surface area (Å²) >= 11 is 0. The minimum Gasteiger partial charge on any atom is -0.466 e. The van der Waals surface area contributed by atoms with Crippen LogP contribution in [0.5, 0.6) is 0 Å². The van der Waals surface area contributed by atoms with Gasteiger partial charge < -0.3 is 14.7 Å². The van der Waals surface area contributed by atoms with Gasteiger partial charge in [-0.2, -0.15) is 0 Å². The standard InChI is InChI=1S/C16H22N2O6/c1-3-13(11-19)17(9-8-15(20)24-4-2)16(21)12-6-5-7-14(10-12)18(22)23/h5-7,10,13,19H,3-4,8-9,11H2,1-2H3. The molecule has 0 aliphatic rings. The summed E-state index contributed by atoms with van der Waals surface area (Å²) in [6.07, 6.45) is 0.477. The summed E-state index contributed by atoms with van der Waals surface area (Å²) in [5.74, 6) is -0.911. The molecule has 1 rings (SSSR count). The fraction of sp³-hybridized carbons (Fsp3) is 0.500. The molecule has 24 heavy (non-hydrogen) atoms. The van der Waals surface area contributed by atoms with Crippen LogP contribution in [0, 0.1) is 10.1 Å². The molecule has 1 aromatic rings. The Bertz CT molecular complexity index is 586. The number of aliphatic hydroxyl groups excluding tert-OH is 1. The van der Waals surface area contributed by atoms with Crippen LogP contribution in [0.1, 0.15) is 37.0 Å². The molecule has 0 aromatic heterocycles. The van der Waals surface area contributed by atoms with Crippen LogP contribution >= 0.6 is 0 Å². The fourth-order valence-electron chi connectivity index (χ4n) is 2.26. The van der Waals surface area contributed by atoms with Crippen molar-refractivity contribution in [1.82, 2.24) is 4.90 Å². The third-order valence-electron chi connectivity index (χ3n) is 3.55. The van der Waals surface area contributed by atoms with Gasteiger partial charge >= 0.3 is 5.97 Å². The van der Waals surface area contributed by atoms with E-state index in [1.807, 2.05) is 0 Å². The maximum Gasteiger partial charge on any atom is 0.307 e. The van der Waals surface area contributed by atoms with Gasteiger partial charge in [0.2, 0.25) is 0 Å². The van der Waals surface area contributed by atoms with Crippen LogP contribution in [-0.2, 0) is 9.53 Å². The highest BCUT2D eigenvalue weighted by Gasteiger charge is 2.25. The van der Waals surface area contributed by atoms with E-state index < -0.39 is 22.8 Å². The van der Waals surface area contributed by atoms with Gasteiger partial charge in [0.1, 0.15) is 0 Å². The molecule has 1 aromatic carbocycles. The largest absolute Gasteiger partial charge is 0.466 e. The van der Waals surface area contributed by atoms with E-state index in [4.69, 9.17) is 4.74 Å². The number of carbonyl (C=O) groups is 2. The average Bonchev–Trinajstić information content (AvgIpc) is 2.58. The van der Waals surface area contributed by atoms with Crippen molar-refractivity contribution in [1.29, 1.82) is 0 Å². The van der Waals surface area contributed by atoms with Crippen molar-refractivity contribution in [3.8, 4) is 0 Å². The molecule has 0 aliphatic heterocycles. The van der Waals surface area contributed by atoms with Crippen molar-refractivity contribution in [3.63, 3.8) is 0 Å². The first kappa shape index (κ1) is 19.6. The summed E-state index contributed by atoms with van der Waals surface area (Å²) in [5.41, 5.74) is -0.0526. The molecular formula is C16H22N2O6. The van der Waals surface area contributed by atoms with Gasteiger partial charge in [0.05, 0.1) is 30.6 Å². The maximum atomic E-state index is 12.7. The number of carbonyl (C=O) groups excluding carboxylic acids is 2. The molecule has 1 unspecified atom stereocenters. The van der Waals surface area contributed by atoms with Crippen LogP contribution in [0.2, 0.25) is 0 Å². The third kappa shape index (κ3) is 5.31. The molecule has 8 heteroatoms. The van der Waals surface area contributed by atoms with Gasteiger partial charge in [-0.25, -0.2) is 0 Å². The van der Waals surface area contributed by atoms with Crippen LogP contribution in [-0.4, -0.2) is 52.6 Å². The zero-order valence-electron chi connectivity index (χ0n) is 13.8. The molecule has 0 radical (unpaired) electrons. The van der Waals surface area contributed by atoms with Gasteiger partial charge in [0.15, 0.2) is 0 Å². The average molecular weight is 338 g/mol. The van der Waals surface area contributed by atoms with Gasteiger partial charge in [-0.3, -0.25) is 19.7 Å². The van der Waals surface area contributed by atoms with E-state index in [0.717, 1.165) is 0 Å². The molecule has 8 nitrogen and oxygen atoms in total. The molecule has 0 spiro atoms. The first-order chi connectivity index (χ1) is 11.4. The highest BCUT2D eigenvalue weighted by Crippen LogP contribution is 2.17. The fourth-order valence-corrected chi connectivity index (χ4v) is 2.26. The van der Waals surface area contributed by atoms with Crippen LogP contribution in [0.25, 0.3) is 0 Å². The van der Waals surface area contributed by atoms with E-state index in [1.165, 1.54) is 29.2 Å². The van der Waals surface area contributed by atoms with Gasteiger partial charge in [0.25, 0.3) is 11.6 Å². The summed E-state index contributed by atoms with van der Waals surface area (Å²) < 4.78 is 4.85. The molecule has 0 saturated heterocycles. The van der Waals surface area contributed by atoms with Crippen molar-refractivity contribution >= 4 is 17.6 Å². The molecule has 0 fully saturated rings. The Balaban J connectivity index is 3.00. The van der Waals surface area contributed by atoms with Crippen LogP contribution in [0.3, 0.4) is 0 Å². The molecule has 1 amide bonds. The van der Waals surface area contributed by atoms with Gasteiger partial charge in [-0.1, -0.05) is 13.0 Å². The number of aliphatic hydroxyl groups is 1. The van der Waals surface area contributed by atoms with Crippen molar-refractivity contribution < 1.29 is 24.4 Å². The molecule has 132 valence electrons. The number of nitro benzene ring substituents is 1. The predicted molar refractivity (Wildman–Crippen MR) is 86.5 cm³/mol. The Morgan fingerprint density at radius 3 is 2.62 bits per heavy atom. The number of rotatable bonds is 9. The van der Waals surface area contributed by atoms with Crippen LogP contribution in [0.4, 0.5) is 5.69 Å². The number of esters is 1. The zero-order chi connectivity index (χ0) is 18.1. The zero-order valence-corrected chi connectivity index (χ0v) is 13.8. The van der Waals surface area contributed by atoms with E-state index in [1.54, 1.807) is 13.8 Å². The lowest BCUT2D eigenvalue weighted by molar-refractivity contribution is -0.384. The smallest absolute Gasteiger partial charge is 0.307 e. The highest BCUT2D eigenvalue weighted by atomic mass is 16.6. The second kappa shape index (κ2) is 9.61. The molecule has 1 atom stereocenters. The molecule has 0 bridgehead atoms. The van der Waals surface area contributed by atoms with Crippen molar-refractivity contribution in [2.45, 2.75) is 32.7 Å². The lowest BCUT2D eigenvalue weighted by Gasteiger charge is -2.29. The van der Waals surface area contributed by atoms with E-state index >= 15 is 0 Å². The molecular weight excluding hydrogens is 316 g/mol.